The van der Waals surface area contributed by atoms with E-state index in [1.165, 1.54) is 38.4 Å². The molecule has 55 heavy (non-hydrogen) atoms. The molecule has 2 heterocycles. The lowest BCUT2D eigenvalue weighted by atomic mass is 9.86. The van der Waals surface area contributed by atoms with E-state index >= 15 is 0 Å². The number of anilines is 2. The van der Waals surface area contributed by atoms with Crippen LogP contribution in [0, 0.1) is 0 Å². The largest absolute Gasteiger partial charge is 0.460 e. The Labute approximate surface area is 319 Å². The first-order valence-corrected chi connectivity index (χ1v) is 19.2. The molecule has 0 N–H and O–H groups in total. The van der Waals surface area contributed by atoms with Gasteiger partial charge in [0.15, 0.2) is 0 Å². The van der Waals surface area contributed by atoms with Crippen LogP contribution in [0.4, 0.5) is 11.4 Å². The van der Waals surface area contributed by atoms with Gasteiger partial charge in [0, 0.05) is 45.4 Å². The second kappa shape index (κ2) is 12.9. The highest BCUT2D eigenvalue weighted by Gasteiger charge is 2.29. The van der Waals surface area contributed by atoms with Crippen LogP contribution in [-0.4, -0.2) is 6.04 Å². The number of nitrogens with zero attached hydrogens (tertiary/aromatic N) is 1. The van der Waals surface area contributed by atoms with Gasteiger partial charge in [0.1, 0.15) is 22.5 Å². The Bertz CT molecular complexity index is 2980. The topological polar surface area (TPSA) is 29.5 Å². The molecule has 2 unspecified atom stereocenters. The molecular weight excluding hydrogens is 671 g/mol. The Balaban J connectivity index is 1.01. The van der Waals surface area contributed by atoms with Crippen LogP contribution in [0.3, 0.4) is 0 Å². The van der Waals surface area contributed by atoms with E-state index in [0.29, 0.717) is 0 Å². The van der Waals surface area contributed by atoms with Crippen molar-refractivity contribution in [3.05, 3.63) is 199 Å². The molecule has 7 aromatic carbocycles. The molecule has 0 saturated carbocycles. The van der Waals surface area contributed by atoms with E-state index in [1.54, 1.807) is 0 Å². The van der Waals surface area contributed by atoms with Gasteiger partial charge in [-0.3, -0.25) is 0 Å². The summed E-state index contributed by atoms with van der Waals surface area (Å²) in [6.45, 7) is 0. The molecule has 0 aliphatic heterocycles. The average molecular weight is 708 g/mol. The molecule has 2 atom stereocenters. The van der Waals surface area contributed by atoms with Gasteiger partial charge in [-0.2, -0.15) is 0 Å². The number of rotatable bonds is 6. The van der Waals surface area contributed by atoms with E-state index in [1.807, 2.05) is 0 Å². The Morgan fingerprint density at radius 1 is 0.509 bits per heavy atom. The van der Waals surface area contributed by atoms with E-state index in [9.17, 15) is 0 Å². The van der Waals surface area contributed by atoms with Crippen LogP contribution >= 0.6 is 0 Å². The van der Waals surface area contributed by atoms with Crippen molar-refractivity contribution < 1.29 is 8.83 Å². The maximum atomic E-state index is 6.67. The summed E-state index contributed by atoms with van der Waals surface area (Å²) in [6.07, 6.45) is 15.5. The van der Waals surface area contributed by atoms with Crippen molar-refractivity contribution in [3.8, 4) is 22.3 Å². The van der Waals surface area contributed by atoms with Crippen LogP contribution in [-0.2, 0) is 6.42 Å². The van der Waals surface area contributed by atoms with Crippen molar-refractivity contribution in [1.29, 1.82) is 0 Å². The summed E-state index contributed by atoms with van der Waals surface area (Å²) < 4.78 is 13.0. The van der Waals surface area contributed by atoms with Gasteiger partial charge in [-0.25, -0.2) is 0 Å². The first-order chi connectivity index (χ1) is 27.3. The minimum absolute atomic E-state index is 0.0662. The van der Waals surface area contributed by atoms with E-state index in [0.717, 1.165) is 68.6 Å². The third-order valence-electron chi connectivity index (χ3n) is 11.5. The predicted octanol–water partition coefficient (Wildman–Crippen LogP) is 14.2. The molecule has 2 aliphatic rings. The lowest BCUT2D eigenvalue weighted by molar-refractivity contribution is 0.546. The van der Waals surface area contributed by atoms with Gasteiger partial charge in [-0.15, -0.1) is 0 Å². The molecule has 0 fully saturated rings. The molecule has 0 saturated heterocycles. The second-order valence-corrected chi connectivity index (χ2v) is 14.7. The number of aryl methyl sites for hydroxylation is 1. The van der Waals surface area contributed by atoms with Gasteiger partial charge in [0.2, 0.25) is 0 Å². The Morgan fingerprint density at radius 2 is 1.25 bits per heavy atom. The maximum Gasteiger partial charge on any atom is 0.136 e. The summed E-state index contributed by atoms with van der Waals surface area (Å²) in [5.74, 6) is 1.26. The van der Waals surface area contributed by atoms with Crippen molar-refractivity contribution in [2.75, 3.05) is 4.90 Å². The van der Waals surface area contributed by atoms with Crippen molar-refractivity contribution in [2.24, 2.45) is 0 Å². The van der Waals surface area contributed by atoms with Crippen LogP contribution in [0.1, 0.15) is 29.2 Å². The quantitative estimate of drug-likeness (QED) is 0.172. The molecule has 0 amide bonds. The fourth-order valence-corrected chi connectivity index (χ4v) is 8.90. The Kier molecular flexibility index (Phi) is 7.44. The van der Waals surface area contributed by atoms with Crippen LogP contribution in [0.5, 0.6) is 0 Å². The zero-order chi connectivity index (χ0) is 36.3. The van der Waals surface area contributed by atoms with Crippen LogP contribution in [0.25, 0.3) is 72.0 Å². The van der Waals surface area contributed by atoms with Crippen LogP contribution in [0.2, 0.25) is 0 Å². The standard InChI is InChI=1S/C52H37NO2/c1-3-13-35(14-4-1)40-17-9-11-21-47(40)53(39-28-30-49-46(32-39)42-19-10-12-22-48(42)54-49)38-26-23-34(24-27-38)37-25-29-44-50(31-37)55-51-33-45(36-15-5-2-6-16-36)41-18-7-8-20-43(41)52(44)51/h1-11,13-21,23-33,40,47H,12,22H2. The minimum Gasteiger partial charge on any atom is -0.460 e. The monoisotopic (exact) mass is 707 g/mol. The zero-order valence-corrected chi connectivity index (χ0v) is 30.2. The SMILES string of the molecule is C1=CC(c2ccccc2)C(N(c2ccc(-c3ccc4c(c3)oc3cc(-c5ccccc5)c5ccccc5c34)cc2)c2ccc3oc4c(c3c2)C=CCC4)C=C1. The van der Waals surface area contributed by atoms with E-state index in [-0.39, 0.29) is 12.0 Å². The number of furan rings is 2. The Morgan fingerprint density at radius 3 is 2.11 bits per heavy atom. The van der Waals surface area contributed by atoms with Crippen molar-refractivity contribution in [3.63, 3.8) is 0 Å². The van der Waals surface area contributed by atoms with Crippen molar-refractivity contribution in [1.82, 2.24) is 0 Å². The molecule has 0 bridgehead atoms. The number of allylic oxidation sites excluding steroid dienone is 3. The summed E-state index contributed by atoms with van der Waals surface area (Å²) in [5, 5.41) is 5.90. The number of hydrogen-bond acceptors (Lipinski definition) is 3. The second-order valence-electron chi connectivity index (χ2n) is 14.7. The van der Waals surface area contributed by atoms with E-state index < -0.39 is 0 Å². The van der Waals surface area contributed by atoms with Crippen molar-refractivity contribution in [2.45, 2.75) is 24.8 Å². The van der Waals surface area contributed by atoms with E-state index in [4.69, 9.17) is 8.83 Å². The minimum atomic E-state index is 0.0662. The molecule has 262 valence electrons. The highest BCUT2D eigenvalue weighted by molar-refractivity contribution is 6.22. The lowest BCUT2D eigenvalue weighted by Gasteiger charge is -2.37. The molecular formula is C52H37NO2. The summed E-state index contributed by atoms with van der Waals surface area (Å²) in [4.78, 5) is 2.49. The third kappa shape index (κ3) is 5.34. The molecule has 9 aromatic rings. The molecule has 2 aromatic heterocycles. The van der Waals surface area contributed by atoms with Gasteiger partial charge in [0.25, 0.3) is 0 Å². The fourth-order valence-electron chi connectivity index (χ4n) is 8.90. The molecule has 0 radical (unpaired) electrons. The predicted molar refractivity (Wildman–Crippen MR) is 229 cm³/mol. The van der Waals surface area contributed by atoms with Crippen LogP contribution < -0.4 is 4.90 Å². The third-order valence-corrected chi connectivity index (χ3v) is 11.5. The highest BCUT2D eigenvalue weighted by Crippen LogP contribution is 2.43. The highest BCUT2D eigenvalue weighted by atomic mass is 16.3. The Hall–Kier alpha value is -6.84. The number of benzene rings is 7. The molecule has 11 rings (SSSR count). The normalized spacial score (nSPS) is 16.4. The first kappa shape index (κ1) is 31.7. The van der Waals surface area contributed by atoms with Gasteiger partial charge in [-0.1, -0.05) is 140 Å². The van der Waals surface area contributed by atoms with Crippen molar-refractivity contribution >= 4 is 61.1 Å². The van der Waals surface area contributed by atoms with Gasteiger partial charge >= 0.3 is 0 Å². The van der Waals surface area contributed by atoms with Crippen LogP contribution in [0.15, 0.2) is 191 Å². The fraction of sp³-hybridized carbons (Fsp3) is 0.0769. The average Bonchev–Trinajstić information content (AvgIpc) is 3.82. The number of hydrogen-bond donors (Lipinski definition) is 0. The summed E-state index contributed by atoms with van der Waals surface area (Å²) in [6, 6.07) is 54.7. The summed E-state index contributed by atoms with van der Waals surface area (Å²) >= 11 is 0. The molecule has 3 heteroatoms. The van der Waals surface area contributed by atoms with E-state index in [2.05, 4.69) is 193 Å². The molecule has 3 nitrogen and oxygen atoms in total. The smallest absolute Gasteiger partial charge is 0.136 e. The molecule has 0 spiro atoms. The molecule has 2 aliphatic carbocycles. The van der Waals surface area contributed by atoms with Gasteiger partial charge < -0.3 is 13.7 Å². The lowest BCUT2D eigenvalue weighted by Crippen LogP contribution is -2.35. The first-order valence-electron chi connectivity index (χ1n) is 19.2. The summed E-state index contributed by atoms with van der Waals surface area (Å²) in [5.41, 5.74) is 12.2. The zero-order valence-electron chi connectivity index (χ0n) is 30.2. The van der Waals surface area contributed by atoms with Gasteiger partial charge in [-0.05, 0) is 93.5 Å². The number of fused-ring (bicyclic) bond motifs is 8. The maximum absolute atomic E-state index is 6.67. The van der Waals surface area contributed by atoms with Gasteiger partial charge in [0.05, 0.1) is 6.04 Å². The summed E-state index contributed by atoms with van der Waals surface area (Å²) in [7, 11) is 0.